The summed E-state index contributed by atoms with van der Waals surface area (Å²) in [6.07, 6.45) is 5.46. The molecule has 1 N–H and O–H groups in total. The highest BCUT2D eigenvalue weighted by Gasteiger charge is 2.30. The van der Waals surface area contributed by atoms with Crippen LogP contribution < -0.4 is 9.46 Å². The van der Waals surface area contributed by atoms with Crippen LogP contribution in [0.1, 0.15) is 51.2 Å². The van der Waals surface area contributed by atoms with Gasteiger partial charge in [0.05, 0.1) is 25.3 Å². The molecule has 0 spiro atoms. The van der Waals surface area contributed by atoms with E-state index in [2.05, 4.69) is 60.5 Å². The Morgan fingerprint density at radius 1 is 1.25 bits per heavy atom. The summed E-state index contributed by atoms with van der Waals surface area (Å²) in [6, 6.07) is 14.2. The van der Waals surface area contributed by atoms with Crippen molar-refractivity contribution in [3.63, 3.8) is 0 Å². The van der Waals surface area contributed by atoms with Gasteiger partial charge in [0.25, 0.3) is 0 Å². The lowest BCUT2D eigenvalue weighted by Gasteiger charge is -2.27. The predicted octanol–water partition coefficient (Wildman–Crippen LogP) is 5.54. The predicted molar refractivity (Wildman–Crippen MR) is 131 cm³/mol. The van der Waals surface area contributed by atoms with Crippen molar-refractivity contribution in [1.82, 2.24) is 9.29 Å². The molecular formula is C26H31N3O2S. The molecule has 5 nitrogen and oxygen atoms in total. The van der Waals surface area contributed by atoms with Crippen LogP contribution in [0.15, 0.2) is 42.6 Å². The molecule has 168 valence electrons. The molecule has 1 aliphatic carbocycles. The van der Waals surface area contributed by atoms with Gasteiger partial charge in [-0.2, -0.15) is 5.26 Å². The average Bonchev–Trinajstić information content (AvgIpc) is 3.05. The van der Waals surface area contributed by atoms with Gasteiger partial charge >= 0.3 is 0 Å². The van der Waals surface area contributed by atoms with E-state index in [1.54, 1.807) is 7.11 Å². The zero-order valence-electron chi connectivity index (χ0n) is 19.3. The molecule has 0 amide bonds. The molecular weight excluding hydrogens is 418 g/mol. The van der Waals surface area contributed by atoms with E-state index in [-0.39, 0.29) is 5.41 Å². The molecule has 0 saturated heterocycles. The van der Waals surface area contributed by atoms with Gasteiger partial charge in [0, 0.05) is 40.6 Å². The third-order valence-corrected chi connectivity index (χ3v) is 7.53. The van der Waals surface area contributed by atoms with E-state index in [1.165, 1.54) is 6.42 Å². The minimum atomic E-state index is -0.986. The summed E-state index contributed by atoms with van der Waals surface area (Å²) in [4.78, 5) is 0. The first kappa shape index (κ1) is 22.7. The first-order valence-corrected chi connectivity index (χ1v) is 12.4. The fourth-order valence-electron chi connectivity index (χ4n) is 4.25. The van der Waals surface area contributed by atoms with Crippen molar-refractivity contribution in [2.24, 2.45) is 5.41 Å². The number of hydrogen-bond acceptors (Lipinski definition) is 4. The first-order valence-electron chi connectivity index (χ1n) is 11.1. The Labute approximate surface area is 193 Å². The van der Waals surface area contributed by atoms with E-state index < -0.39 is 11.4 Å². The van der Waals surface area contributed by atoms with Gasteiger partial charge in [0.1, 0.15) is 11.0 Å². The Balaban J connectivity index is 1.76. The number of nitriles is 1. The number of methoxy groups -OCH3 is 1. The SMILES string of the molecule is COc1cccc(C#N)c1-c1ccc2c(CN[S+]([O-])C3CCC3)cn(CC(C)(C)C)c2c1. The molecule has 0 bridgehead atoms. The van der Waals surface area contributed by atoms with Crippen LogP contribution in [0, 0.1) is 16.7 Å². The average molecular weight is 450 g/mol. The lowest BCUT2D eigenvalue weighted by molar-refractivity contribution is 0.349. The van der Waals surface area contributed by atoms with Gasteiger partial charge in [-0.1, -0.05) is 39.0 Å². The number of ether oxygens (including phenoxy) is 1. The smallest absolute Gasteiger partial charge is 0.135 e. The summed E-state index contributed by atoms with van der Waals surface area (Å²) in [7, 11) is 1.63. The maximum atomic E-state index is 12.5. The second-order valence-corrected chi connectivity index (χ2v) is 11.3. The minimum Gasteiger partial charge on any atom is -0.598 e. The molecule has 2 aromatic carbocycles. The molecule has 1 saturated carbocycles. The molecule has 4 rings (SSSR count). The van der Waals surface area contributed by atoms with Crippen LogP contribution in [-0.2, 0) is 24.5 Å². The van der Waals surface area contributed by atoms with Crippen molar-refractivity contribution < 1.29 is 9.29 Å². The molecule has 3 aromatic rings. The molecule has 32 heavy (non-hydrogen) atoms. The van der Waals surface area contributed by atoms with Crippen LogP contribution in [0.25, 0.3) is 22.0 Å². The van der Waals surface area contributed by atoms with Gasteiger partial charge in [0.2, 0.25) is 0 Å². The molecule has 1 aliphatic rings. The highest BCUT2D eigenvalue weighted by Crippen LogP contribution is 2.36. The molecule has 1 atom stereocenters. The molecule has 1 aromatic heterocycles. The fourth-order valence-corrected chi connectivity index (χ4v) is 5.54. The summed E-state index contributed by atoms with van der Waals surface area (Å²) in [5, 5.41) is 11.1. The Morgan fingerprint density at radius 2 is 2.03 bits per heavy atom. The zero-order valence-corrected chi connectivity index (χ0v) is 20.1. The minimum absolute atomic E-state index is 0.101. The van der Waals surface area contributed by atoms with Crippen molar-refractivity contribution in [2.75, 3.05) is 7.11 Å². The van der Waals surface area contributed by atoms with E-state index in [9.17, 15) is 9.81 Å². The summed E-state index contributed by atoms with van der Waals surface area (Å²) < 4.78 is 23.6. The second-order valence-electron chi connectivity index (χ2n) is 9.74. The van der Waals surface area contributed by atoms with E-state index >= 15 is 0 Å². The highest BCUT2D eigenvalue weighted by atomic mass is 32.2. The quantitative estimate of drug-likeness (QED) is 0.481. The van der Waals surface area contributed by atoms with Gasteiger partial charge in [-0.05, 0) is 54.0 Å². The van der Waals surface area contributed by atoms with Crippen LogP contribution in [0.5, 0.6) is 5.75 Å². The van der Waals surface area contributed by atoms with Crippen molar-refractivity contribution >= 4 is 22.3 Å². The third-order valence-electron chi connectivity index (χ3n) is 6.02. The zero-order chi connectivity index (χ0) is 22.9. The number of benzene rings is 2. The number of nitrogens with zero attached hydrogens (tertiary/aromatic N) is 2. The summed E-state index contributed by atoms with van der Waals surface area (Å²) >= 11 is -0.986. The van der Waals surface area contributed by atoms with Crippen molar-refractivity contribution in [3.8, 4) is 22.9 Å². The maximum absolute atomic E-state index is 12.5. The number of hydrogen-bond donors (Lipinski definition) is 1. The Kier molecular flexibility index (Phi) is 6.52. The normalized spacial score (nSPS) is 15.4. The van der Waals surface area contributed by atoms with E-state index in [0.29, 0.717) is 23.1 Å². The number of rotatable bonds is 7. The third kappa shape index (κ3) is 4.66. The van der Waals surface area contributed by atoms with Gasteiger partial charge in [-0.3, -0.25) is 0 Å². The van der Waals surface area contributed by atoms with Crippen molar-refractivity contribution in [1.29, 1.82) is 5.26 Å². The molecule has 6 heteroatoms. The Hall–Kier alpha value is -2.46. The van der Waals surface area contributed by atoms with E-state index in [0.717, 1.165) is 47.0 Å². The van der Waals surface area contributed by atoms with Crippen molar-refractivity contribution in [3.05, 3.63) is 53.7 Å². The number of nitrogens with one attached hydrogen (secondary N) is 1. The Morgan fingerprint density at radius 3 is 2.66 bits per heavy atom. The maximum Gasteiger partial charge on any atom is 0.135 e. The van der Waals surface area contributed by atoms with Gasteiger partial charge in [-0.25, -0.2) is 0 Å². The second kappa shape index (κ2) is 9.19. The summed E-state index contributed by atoms with van der Waals surface area (Å²) in [5.41, 5.74) is 4.72. The van der Waals surface area contributed by atoms with Gasteiger partial charge < -0.3 is 13.9 Å². The summed E-state index contributed by atoms with van der Waals surface area (Å²) in [6.45, 7) is 8.10. The van der Waals surface area contributed by atoms with Crippen LogP contribution in [0.2, 0.25) is 0 Å². The standard InChI is InChI=1S/C26H31N3O2S/c1-26(2,3)17-29-16-20(15-28-32(30)21-8-6-9-21)22-12-11-18(13-23(22)29)25-19(14-27)7-5-10-24(25)31-4/h5,7,10-13,16,21,28H,6,8-9,15,17H2,1-4H3. The van der Waals surface area contributed by atoms with Crippen LogP contribution in [0.4, 0.5) is 0 Å². The lowest BCUT2D eigenvalue weighted by Crippen LogP contribution is -2.38. The monoisotopic (exact) mass is 449 g/mol. The molecule has 1 fully saturated rings. The van der Waals surface area contributed by atoms with E-state index in [4.69, 9.17) is 4.74 Å². The van der Waals surface area contributed by atoms with Crippen LogP contribution >= 0.6 is 0 Å². The summed E-state index contributed by atoms with van der Waals surface area (Å²) in [5.74, 6) is 0.690. The molecule has 1 unspecified atom stereocenters. The van der Waals surface area contributed by atoms with E-state index in [1.807, 2.05) is 18.2 Å². The molecule has 0 radical (unpaired) electrons. The topological polar surface area (TPSA) is 73.0 Å². The van der Waals surface area contributed by atoms with Gasteiger partial charge in [0.15, 0.2) is 0 Å². The molecule has 1 heterocycles. The highest BCUT2D eigenvalue weighted by molar-refractivity contribution is 7.90. The number of fused-ring (bicyclic) bond motifs is 1. The van der Waals surface area contributed by atoms with Gasteiger partial charge in [-0.15, -0.1) is 4.72 Å². The Bertz CT molecular complexity index is 1150. The van der Waals surface area contributed by atoms with Crippen molar-refractivity contribution in [2.45, 2.75) is 58.4 Å². The fraction of sp³-hybridized carbons (Fsp3) is 0.423. The molecule has 0 aliphatic heterocycles. The largest absolute Gasteiger partial charge is 0.598 e. The lowest BCUT2D eigenvalue weighted by atomic mass is 9.96. The van der Waals surface area contributed by atoms with Crippen LogP contribution in [-0.4, -0.2) is 21.5 Å². The first-order chi connectivity index (χ1) is 15.3. The van der Waals surface area contributed by atoms with Crippen LogP contribution in [0.3, 0.4) is 0 Å². The number of aromatic nitrogens is 1.